The van der Waals surface area contributed by atoms with Crippen LogP contribution in [0.1, 0.15) is 12.5 Å². The van der Waals surface area contributed by atoms with E-state index in [2.05, 4.69) is 5.32 Å². The molecule has 3 rings (SSSR count). The number of amides is 1. The van der Waals surface area contributed by atoms with Gasteiger partial charge >= 0.3 is 0 Å². The monoisotopic (exact) mass is 374 g/mol. The van der Waals surface area contributed by atoms with Crippen LogP contribution >= 0.6 is 11.6 Å². The SMILES string of the molecule is CCN(CC(=O)NCCc1cc(Cl)c2c(c1)OCCO2)c1ccccc1. The number of likely N-dealkylation sites (N-methyl/N-ethyl adjacent to an activating group) is 1. The van der Waals surface area contributed by atoms with E-state index in [0.29, 0.717) is 49.2 Å². The number of nitrogens with one attached hydrogen (secondary N) is 1. The molecular weight excluding hydrogens is 352 g/mol. The van der Waals surface area contributed by atoms with E-state index in [0.717, 1.165) is 17.8 Å². The van der Waals surface area contributed by atoms with E-state index in [-0.39, 0.29) is 5.91 Å². The zero-order chi connectivity index (χ0) is 18.4. The maximum atomic E-state index is 12.3. The van der Waals surface area contributed by atoms with Crippen LogP contribution in [0.4, 0.5) is 5.69 Å². The Morgan fingerprint density at radius 2 is 1.96 bits per heavy atom. The summed E-state index contributed by atoms with van der Waals surface area (Å²) in [6.07, 6.45) is 0.680. The average Bonchev–Trinajstić information content (AvgIpc) is 2.67. The molecule has 0 spiro atoms. The molecule has 0 radical (unpaired) electrons. The Hall–Kier alpha value is -2.40. The van der Waals surface area contributed by atoms with E-state index in [1.165, 1.54) is 0 Å². The van der Waals surface area contributed by atoms with Crippen LogP contribution in [0.5, 0.6) is 11.5 Å². The second-order valence-corrected chi connectivity index (χ2v) is 6.46. The lowest BCUT2D eigenvalue weighted by Crippen LogP contribution is -2.38. The molecule has 0 atom stereocenters. The molecule has 2 aromatic carbocycles. The van der Waals surface area contributed by atoms with E-state index in [1.807, 2.05) is 54.3 Å². The Bertz CT molecular complexity index is 752. The smallest absolute Gasteiger partial charge is 0.239 e. The van der Waals surface area contributed by atoms with Crippen molar-refractivity contribution in [1.82, 2.24) is 5.32 Å². The first-order chi connectivity index (χ1) is 12.7. The number of ether oxygens (including phenoxy) is 2. The summed E-state index contributed by atoms with van der Waals surface area (Å²) in [7, 11) is 0. The summed E-state index contributed by atoms with van der Waals surface area (Å²) in [5.41, 5.74) is 2.05. The van der Waals surface area contributed by atoms with Gasteiger partial charge in [0.1, 0.15) is 13.2 Å². The van der Waals surface area contributed by atoms with Gasteiger partial charge in [-0.05, 0) is 43.2 Å². The first kappa shape index (κ1) is 18.4. The largest absolute Gasteiger partial charge is 0.486 e. The Labute approximate surface area is 158 Å². The molecule has 2 aromatic rings. The van der Waals surface area contributed by atoms with Gasteiger partial charge < -0.3 is 19.7 Å². The number of hydrogen-bond donors (Lipinski definition) is 1. The molecule has 0 fully saturated rings. The number of carbonyl (C=O) groups is 1. The molecule has 0 bridgehead atoms. The average molecular weight is 375 g/mol. The Kier molecular flexibility index (Phi) is 6.23. The highest BCUT2D eigenvalue weighted by molar-refractivity contribution is 6.32. The number of fused-ring (bicyclic) bond motifs is 1. The highest BCUT2D eigenvalue weighted by atomic mass is 35.5. The normalized spacial score (nSPS) is 12.5. The van der Waals surface area contributed by atoms with Gasteiger partial charge in [-0.1, -0.05) is 29.8 Å². The quantitative estimate of drug-likeness (QED) is 0.808. The number of halogens is 1. The molecule has 0 aliphatic carbocycles. The molecule has 0 aromatic heterocycles. The summed E-state index contributed by atoms with van der Waals surface area (Å²) in [5.74, 6) is 1.28. The van der Waals surface area contributed by atoms with Gasteiger partial charge in [0.25, 0.3) is 0 Å². The van der Waals surface area contributed by atoms with Crippen molar-refractivity contribution in [3.05, 3.63) is 53.1 Å². The zero-order valence-corrected chi connectivity index (χ0v) is 15.6. The van der Waals surface area contributed by atoms with Crippen molar-refractivity contribution in [2.24, 2.45) is 0 Å². The van der Waals surface area contributed by atoms with Crippen molar-refractivity contribution in [1.29, 1.82) is 0 Å². The third-order valence-electron chi connectivity index (χ3n) is 4.23. The fourth-order valence-electron chi connectivity index (χ4n) is 2.91. The molecule has 0 saturated heterocycles. The minimum absolute atomic E-state index is 0.000608. The second kappa shape index (κ2) is 8.81. The zero-order valence-electron chi connectivity index (χ0n) is 14.8. The predicted octanol–water partition coefficient (Wildman–Crippen LogP) is 3.30. The first-order valence-corrected chi connectivity index (χ1v) is 9.20. The van der Waals surface area contributed by atoms with Crippen LogP contribution < -0.4 is 19.7 Å². The summed E-state index contributed by atoms with van der Waals surface area (Å²) in [6, 6.07) is 13.7. The van der Waals surface area contributed by atoms with Crippen LogP contribution in [0.2, 0.25) is 5.02 Å². The van der Waals surface area contributed by atoms with Crippen LogP contribution in [0, 0.1) is 0 Å². The molecule has 1 amide bonds. The number of benzene rings is 2. The minimum Gasteiger partial charge on any atom is -0.486 e. The standard InChI is InChI=1S/C20H23ClN2O3/c1-2-23(16-6-4-3-5-7-16)14-19(24)22-9-8-15-12-17(21)20-18(13-15)25-10-11-26-20/h3-7,12-13H,2,8-11,14H2,1H3,(H,22,24). The fourth-order valence-corrected chi connectivity index (χ4v) is 3.20. The van der Waals surface area contributed by atoms with Crippen LogP contribution in [0.25, 0.3) is 0 Å². The van der Waals surface area contributed by atoms with Crippen LogP contribution in [0.3, 0.4) is 0 Å². The summed E-state index contributed by atoms with van der Waals surface area (Å²) in [5, 5.41) is 3.52. The fraction of sp³-hybridized carbons (Fsp3) is 0.350. The van der Waals surface area contributed by atoms with E-state index in [1.54, 1.807) is 0 Å². The molecular formula is C20H23ClN2O3. The summed E-state index contributed by atoms with van der Waals surface area (Å²) in [6.45, 7) is 4.73. The lowest BCUT2D eigenvalue weighted by Gasteiger charge is -2.22. The molecule has 0 saturated carbocycles. The highest BCUT2D eigenvalue weighted by Crippen LogP contribution is 2.38. The number of carbonyl (C=O) groups excluding carboxylic acids is 1. The van der Waals surface area contributed by atoms with Gasteiger partial charge in [0.05, 0.1) is 11.6 Å². The highest BCUT2D eigenvalue weighted by Gasteiger charge is 2.16. The lowest BCUT2D eigenvalue weighted by molar-refractivity contribution is -0.119. The van der Waals surface area contributed by atoms with Crippen LogP contribution in [0.15, 0.2) is 42.5 Å². The van der Waals surface area contributed by atoms with Gasteiger partial charge in [0.15, 0.2) is 11.5 Å². The van der Waals surface area contributed by atoms with Gasteiger partial charge in [-0.3, -0.25) is 4.79 Å². The molecule has 1 heterocycles. The topological polar surface area (TPSA) is 50.8 Å². The molecule has 5 nitrogen and oxygen atoms in total. The molecule has 138 valence electrons. The third-order valence-corrected chi connectivity index (χ3v) is 4.51. The van der Waals surface area contributed by atoms with Gasteiger partial charge in [0.2, 0.25) is 5.91 Å². The predicted molar refractivity (Wildman–Crippen MR) is 103 cm³/mol. The molecule has 0 unspecified atom stereocenters. The van der Waals surface area contributed by atoms with Crippen molar-refractivity contribution in [2.75, 3.05) is 37.7 Å². The summed E-state index contributed by atoms with van der Waals surface area (Å²) < 4.78 is 11.1. The molecule has 1 aliphatic heterocycles. The molecule has 1 N–H and O–H groups in total. The van der Waals surface area contributed by atoms with E-state index in [9.17, 15) is 4.79 Å². The Morgan fingerprint density at radius 3 is 2.73 bits per heavy atom. The van der Waals surface area contributed by atoms with Crippen molar-refractivity contribution in [3.63, 3.8) is 0 Å². The number of anilines is 1. The van der Waals surface area contributed by atoms with Gasteiger partial charge in [-0.25, -0.2) is 0 Å². The number of nitrogens with zero attached hydrogens (tertiary/aromatic N) is 1. The third kappa shape index (κ3) is 4.61. The van der Waals surface area contributed by atoms with Gasteiger partial charge in [-0.2, -0.15) is 0 Å². The molecule has 1 aliphatic rings. The van der Waals surface area contributed by atoms with Crippen molar-refractivity contribution < 1.29 is 14.3 Å². The minimum atomic E-state index is -0.000608. The number of rotatable bonds is 7. The van der Waals surface area contributed by atoms with Crippen LogP contribution in [-0.4, -0.2) is 38.8 Å². The first-order valence-electron chi connectivity index (χ1n) is 8.82. The molecule has 6 heteroatoms. The summed E-state index contributed by atoms with van der Waals surface area (Å²) >= 11 is 6.25. The van der Waals surface area contributed by atoms with Crippen molar-refractivity contribution in [2.45, 2.75) is 13.3 Å². The Balaban J connectivity index is 1.51. The van der Waals surface area contributed by atoms with Gasteiger partial charge in [0, 0.05) is 18.8 Å². The lowest BCUT2D eigenvalue weighted by atomic mass is 10.1. The van der Waals surface area contributed by atoms with E-state index < -0.39 is 0 Å². The maximum Gasteiger partial charge on any atom is 0.239 e. The van der Waals surface area contributed by atoms with Crippen LogP contribution in [-0.2, 0) is 11.2 Å². The number of para-hydroxylation sites is 1. The maximum absolute atomic E-state index is 12.3. The Morgan fingerprint density at radius 1 is 1.19 bits per heavy atom. The summed E-state index contributed by atoms with van der Waals surface area (Å²) in [4.78, 5) is 14.3. The van der Waals surface area contributed by atoms with Gasteiger partial charge in [-0.15, -0.1) is 0 Å². The second-order valence-electron chi connectivity index (χ2n) is 6.05. The number of hydrogen-bond acceptors (Lipinski definition) is 4. The molecule has 26 heavy (non-hydrogen) atoms. The van der Waals surface area contributed by atoms with E-state index >= 15 is 0 Å². The van der Waals surface area contributed by atoms with Crippen molar-refractivity contribution >= 4 is 23.2 Å². The van der Waals surface area contributed by atoms with E-state index in [4.69, 9.17) is 21.1 Å². The van der Waals surface area contributed by atoms with Crippen molar-refractivity contribution in [3.8, 4) is 11.5 Å².